The number of rotatable bonds is 3. The van der Waals surface area contributed by atoms with Crippen LogP contribution in [-0.4, -0.2) is 5.11 Å². The molecule has 0 spiro atoms. The maximum absolute atomic E-state index is 13.4. The predicted molar refractivity (Wildman–Crippen MR) is 66.1 cm³/mol. The number of hydrogen-bond acceptors (Lipinski definition) is 3. The Morgan fingerprint density at radius 2 is 1.43 bits per heavy atom. The molecule has 0 aliphatic rings. The molecular weight excluding hydrogens is 295 g/mol. The van der Waals surface area contributed by atoms with E-state index >= 15 is 0 Å². The summed E-state index contributed by atoms with van der Waals surface area (Å²) in [4.78, 5) is 0. The van der Waals surface area contributed by atoms with Gasteiger partial charge < -0.3 is 16.2 Å². The van der Waals surface area contributed by atoms with Crippen LogP contribution in [0.1, 0.15) is 5.56 Å². The molecule has 2 rings (SSSR count). The zero-order valence-electron chi connectivity index (χ0n) is 10.4. The third-order valence-electron chi connectivity index (χ3n) is 2.77. The van der Waals surface area contributed by atoms with E-state index in [2.05, 4.69) is 5.32 Å². The van der Waals surface area contributed by atoms with E-state index in [1.807, 2.05) is 0 Å². The molecule has 112 valence electrons. The molecule has 0 unspecified atom stereocenters. The number of anilines is 2. The molecule has 0 amide bonds. The first-order valence-corrected chi connectivity index (χ1v) is 5.65. The Balaban J connectivity index is 2.35. The first kappa shape index (κ1) is 14.9. The van der Waals surface area contributed by atoms with Crippen LogP contribution < -0.4 is 11.1 Å². The highest BCUT2D eigenvalue weighted by molar-refractivity contribution is 5.52. The highest BCUT2D eigenvalue weighted by Gasteiger charge is 2.25. The summed E-state index contributed by atoms with van der Waals surface area (Å²) in [6, 6.07) is 3.93. The fourth-order valence-corrected chi connectivity index (χ4v) is 1.69. The number of nitrogens with one attached hydrogen (secondary N) is 1. The number of phenols is 1. The largest absolute Gasteiger partial charge is 0.508 e. The first-order valence-electron chi connectivity index (χ1n) is 5.65. The molecule has 8 heteroatoms. The molecule has 0 heterocycles. The fourth-order valence-electron chi connectivity index (χ4n) is 1.69. The van der Waals surface area contributed by atoms with Gasteiger partial charge in [-0.1, -0.05) is 0 Å². The number of benzene rings is 2. The molecule has 0 aromatic heterocycles. The van der Waals surface area contributed by atoms with E-state index in [-0.39, 0.29) is 23.5 Å². The van der Waals surface area contributed by atoms with Crippen molar-refractivity contribution in [1.82, 2.24) is 0 Å². The number of phenolic OH excluding ortho intramolecular Hbond substituents is 1. The minimum absolute atomic E-state index is 0.138. The van der Waals surface area contributed by atoms with E-state index in [1.165, 1.54) is 18.2 Å². The Morgan fingerprint density at radius 1 is 0.905 bits per heavy atom. The van der Waals surface area contributed by atoms with Crippen molar-refractivity contribution in [3.8, 4) is 5.75 Å². The molecule has 0 atom stereocenters. The van der Waals surface area contributed by atoms with Crippen LogP contribution in [0.4, 0.5) is 33.3 Å². The fraction of sp³-hybridized carbons (Fsp3) is 0.0769. The van der Waals surface area contributed by atoms with Gasteiger partial charge in [-0.15, -0.1) is 0 Å². The van der Waals surface area contributed by atoms with Crippen LogP contribution in [0, 0.1) is 29.1 Å². The molecule has 0 saturated heterocycles. The molecule has 21 heavy (non-hydrogen) atoms. The average Bonchev–Trinajstić information content (AvgIpc) is 2.46. The minimum Gasteiger partial charge on any atom is -0.508 e. The molecule has 0 aliphatic carbocycles. The van der Waals surface area contributed by atoms with Gasteiger partial charge in [0.05, 0.1) is 0 Å². The molecule has 0 fully saturated rings. The second-order valence-electron chi connectivity index (χ2n) is 4.19. The third kappa shape index (κ3) is 2.69. The van der Waals surface area contributed by atoms with Crippen molar-refractivity contribution in [2.45, 2.75) is 6.54 Å². The lowest BCUT2D eigenvalue weighted by Gasteiger charge is -2.12. The highest BCUT2D eigenvalue weighted by atomic mass is 19.2. The lowest BCUT2D eigenvalue weighted by molar-refractivity contribution is 0.381. The maximum atomic E-state index is 13.4. The van der Waals surface area contributed by atoms with Gasteiger partial charge in [0.2, 0.25) is 5.82 Å². The number of halogens is 5. The summed E-state index contributed by atoms with van der Waals surface area (Å²) >= 11 is 0. The number of hydrogen-bond donors (Lipinski definition) is 3. The van der Waals surface area contributed by atoms with Crippen LogP contribution in [0.5, 0.6) is 5.75 Å². The van der Waals surface area contributed by atoms with E-state index in [0.717, 1.165) is 0 Å². The average molecular weight is 304 g/mol. The van der Waals surface area contributed by atoms with Gasteiger partial charge in [-0.2, -0.15) is 0 Å². The lowest BCUT2D eigenvalue weighted by atomic mass is 10.1. The van der Waals surface area contributed by atoms with Gasteiger partial charge in [-0.3, -0.25) is 0 Å². The number of nitrogens with two attached hydrogens (primary N) is 1. The van der Waals surface area contributed by atoms with Crippen LogP contribution in [0.3, 0.4) is 0 Å². The highest BCUT2D eigenvalue weighted by Crippen LogP contribution is 2.28. The molecule has 3 nitrogen and oxygen atoms in total. The van der Waals surface area contributed by atoms with Gasteiger partial charge in [-0.05, 0) is 18.2 Å². The lowest BCUT2D eigenvalue weighted by Crippen LogP contribution is -2.10. The molecule has 0 aliphatic heterocycles. The van der Waals surface area contributed by atoms with E-state index in [0.29, 0.717) is 0 Å². The van der Waals surface area contributed by atoms with Crippen molar-refractivity contribution in [3.63, 3.8) is 0 Å². The third-order valence-corrected chi connectivity index (χ3v) is 2.77. The Morgan fingerprint density at radius 3 is 2.00 bits per heavy atom. The first-order chi connectivity index (χ1) is 9.82. The standard InChI is InChI=1S/C13H9F5N2O/c14-8-9(15)11(17)13(12(18)10(8)16)20-4-5-3-6(19)1-2-7(5)21/h1-3,20-21H,4,19H2. The van der Waals surface area contributed by atoms with Gasteiger partial charge in [0.1, 0.15) is 11.4 Å². The van der Waals surface area contributed by atoms with Crippen molar-refractivity contribution in [1.29, 1.82) is 0 Å². The van der Waals surface area contributed by atoms with Gasteiger partial charge in [0, 0.05) is 17.8 Å². The summed E-state index contributed by atoms with van der Waals surface area (Å²) < 4.78 is 65.7. The van der Waals surface area contributed by atoms with Gasteiger partial charge in [0.15, 0.2) is 23.3 Å². The zero-order chi connectivity index (χ0) is 15.7. The van der Waals surface area contributed by atoms with E-state index in [9.17, 15) is 27.1 Å². The van der Waals surface area contributed by atoms with Crippen LogP contribution in [-0.2, 0) is 6.54 Å². The van der Waals surface area contributed by atoms with Crippen molar-refractivity contribution < 1.29 is 27.1 Å². The second kappa shape index (κ2) is 5.47. The van der Waals surface area contributed by atoms with Gasteiger partial charge >= 0.3 is 0 Å². The summed E-state index contributed by atoms with van der Waals surface area (Å²) in [5, 5.41) is 11.6. The number of aromatic hydroxyl groups is 1. The summed E-state index contributed by atoms with van der Waals surface area (Å²) in [6.45, 7) is -0.380. The van der Waals surface area contributed by atoms with Crippen molar-refractivity contribution in [2.75, 3.05) is 11.1 Å². The van der Waals surface area contributed by atoms with Crippen LogP contribution in [0.25, 0.3) is 0 Å². The molecule has 4 N–H and O–H groups in total. The summed E-state index contributed by atoms with van der Waals surface area (Å²) in [5.74, 6) is -10.5. The number of nitrogen functional groups attached to an aromatic ring is 1. The molecular formula is C13H9F5N2O. The maximum Gasteiger partial charge on any atom is 0.200 e. The molecule has 0 saturated carbocycles. The Bertz CT molecular complexity index is 676. The predicted octanol–water partition coefficient (Wildman–Crippen LogP) is 3.28. The SMILES string of the molecule is Nc1ccc(O)c(CNc2c(F)c(F)c(F)c(F)c2F)c1. The van der Waals surface area contributed by atoms with E-state index in [4.69, 9.17) is 5.73 Å². The Hall–Kier alpha value is -2.51. The topological polar surface area (TPSA) is 58.3 Å². The van der Waals surface area contributed by atoms with Gasteiger partial charge in [0.25, 0.3) is 0 Å². The Labute approximate surface area is 115 Å². The summed E-state index contributed by atoms with van der Waals surface area (Å²) in [5.41, 5.74) is 4.70. The van der Waals surface area contributed by atoms with Crippen molar-refractivity contribution >= 4 is 11.4 Å². The summed E-state index contributed by atoms with van der Waals surface area (Å²) in [6.07, 6.45) is 0. The van der Waals surface area contributed by atoms with Gasteiger partial charge in [-0.25, -0.2) is 22.0 Å². The van der Waals surface area contributed by atoms with E-state index < -0.39 is 34.8 Å². The monoisotopic (exact) mass is 304 g/mol. The van der Waals surface area contributed by atoms with Crippen LogP contribution in [0.15, 0.2) is 18.2 Å². The van der Waals surface area contributed by atoms with Crippen molar-refractivity contribution in [2.24, 2.45) is 0 Å². The zero-order valence-corrected chi connectivity index (χ0v) is 10.4. The van der Waals surface area contributed by atoms with Crippen LogP contribution >= 0.6 is 0 Å². The molecule has 2 aromatic carbocycles. The van der Waals surface area contributed by atoms with Crippen molar-refractivity contribution in [3.05, 3.63) is 52.8 Å². The smallest absolute Gasteiger partial charge is 0.200 e. The molecule has 0 radical (unpaired) electrons. The molecule has 0 bridgehead atoms. The van der Waals surface area contributed by atoms with Crippen LogP contribution in [0.2, 0.25) is 0 Å². The minimum atomic E-state index is -2.23. The molecule has 2 aromatic rings. The quantitative estimate of drug-likeness (QED) is 0.268. The second-order valence-corrected chi connectivity index (χ2v) is 4.19. The summed E-state index contributed by atoms with van der Waals surface area (Å²) in [7, 11) is 0. The van der Waals surface area contributed by atoms with E-state index in [1.54, 1.807) is 0 Å². The normalized spacial score (nSPS) is 10.7. The Kier molecular flexibility index (Phi) is 3.88.